The average molecular weight is 233 g/mol. The molecule has 0 aromatic heterocycles. The van der Waals surface area contributed by atoms with Crippen LogP contribution in [0.1, 0.15) is 25.8 Å². The largest absolute Gasteiger partial charge is 0.481 e. The first-order valence-corrected chi connectivity index (χ1v) is 6.00. The van der Waals surface area contributed by atoms with E-state index in [1.54, 1.807) is 0 Å². The number of anilines is 1. The molecule has 3 nitrogen and oxygen atoms in total. The molecule has 1 heterocycles. The van der Waals surface area contributed by atoms with Gasteiger partial charge in [-0.05, 0) is 39.3 Å². The summed E-state index contributed by atoms with van der Waals surface area (Å²) >= 11 is 0. The van der Waals surface area contributed by atoms with Gasteiger partial charge in [0.1, 0.15) is 0 Å². The lowest BCUT2D eigenvalue weighted by Crippen LogP contribution is -2.45. The van der Waals surface area contributed by atoms with Gasteiger partial charge in [0.05, 0.1) is 5.92 Å². The summed E-state index contributed by atoms with van der Waals surface area (Å²) in [5.74, 6) is -0.978. The molecule has 92 valence electrons. The average Bonchev–Trinajstić information content (AvgIpc) is 2.55. The molecule has 0 spiro atoms. The summed E-state index contributed by atoms with van der Waals surface area (Å²) in [6, 6.07) is 8.28. The molecular weight excluding hydrogens is 214 g/mol. The van der Waals surface area contributed by atoms with Crippen LogP contribution in [0.4, 0.5) is 5.69 Å². The highest BCUT2D eigenvalue weighted by Gasteiger charge is 2.45. The minimum Gasteiger partial charge on any atom is -0.481 e. The van der Waals surface area contributed by atoms with Crippen LogP contribution in [0.25, 0.3) is 0 Å². The Kier molecular flexibility index (Phi) is 2.86. The number of carboxylic acids is 1. The van der Waals surface area contributed by atoms with E-state index < -0.39 is 5.97 Å². The van der Waals surface area contributed by atoms with Crippen LogP contribution < -0.4 is 4.90 Å². The third-order valence-corrected chi connectivity index (χ3v) is 3.83. The van der Waals surface area contributed by atoms with Crippen molar-refractivity contribution in [2.45, 2.75) is 32.7 Å². The number of aliphatic carboxylic acids is 1. The minimum absolute atomic E-state index is 0.288. The number of carboxylic acid groups (broad SMARTS) is 1. The van der Waals surface area contributed by atoms with E-state index in [2.05, 4.69) is 36.1 Å². The van der Waals surface area contributed by atoms with Gasteiger partial charge in [-0.1, -0.05) is 17.7 Å². The van der Waals surface area contributed by atoms with Crippen LogP contribution in [-0.4, -0.2) is 23.2 Å². The van der Waals surface area contributed by atoms with Gasteiger partial charge in [0.15, 0.2) is 0 Å². The lowest BCUT2D eigenvalue weighted by atomic mass is 9.88. The summed E-state index contributed by atoms with van der Waals surface area (Å²) in [5, 5.41) is 9.23. The maximum Gasteiger partial charge on any atom is 0.308 e. The van der Waals surface area contributed by atoms with Crippen molar-refractivity contribution in [3.63, 3.8) is 0 Å². The molecule has 0 saturated carbocycles. The second-order valence-corrected chi connectivity index (χ2v) is 5.32. The molecule has 0 bridgehead atoms. The zero-order chi connectivity index (χ0) is 12.6. The van der Waals surface area contributed by atoms with E-state index >= 15 is 0 Å². The second-order valence-electron chi connectivity index (χ2n) is 5.32. The van der Waals surface area contributed by atoms with Gasteiger partial charge < -0.3 is 10.0 Å². The number of hydrogen-bond acceptors (Lipinski definition) is 2. The maximum absolute atomic E-state index is 11.2. The number of carbonyl (C=O) groups is 1. The Labute approximate surface area is 102 Å². The molecule has 1 N–H and O–H groups in total. The highest BCUT2D eigenvalue weighted by Crippen LogP contribution is 2.38. The van der Waals surface area contributed by atoms with Crippen molar-refractivity contribution in [1.82, 2.24) is 0 Å². The topological polar surface area (TPSA) is 40.5 Å². The van der Waals surface area contributed by atoms with Gasteiger partial charge in [-0.3, -0.25) is 4.79 Å². The van der Waals surface area contributed by atoms with Crippen LogP contribution in [-0.2, 0) is 4.79 Å². The molecule has 1 aliphatic heterocycles. The van der Waals surface area contributed by atoms with Crippen molar-refractivity contribution >= 4 is 11.7 Å². The zero-order valence-electron chi connectivity index (χ0n) is 10.6. The second kappa shape index (κ2) is 4.06. The Morgan fingerprint density at radius 3 is 2.41 bits per heavy atom. The highest BCUT2D eigenvalue weighted by atomic mass is 16.4. The summed E-state index contributed by atoms with van der Waals surface area (Å²) in [6.45, 7) is 6.89. The van der Waals surface area contributed by atoms with Gasteiger partial charge in [-0.2, -0.15) is 0 Å². The van der Waals surface area contributed by atoms with E-state index in [1.165, 1.54) is 5.56 Å². The standard InChI is InChI=1S/C14H19NO2/c1-10-4-6-11(7-5-10)15-9-8-12(13(16)17)14(15,2)3/h4-7,12H,8-9H2,1-3H3,(H,16,17). The number of nitrogens with zero attached hydrogens (tertiary/aromatic N) is 1. The third-order valence-electron chi connectivity index (χ3n) is 3.83. The normalized spacial score (nSPS) is 22.8. The lowest BCUT2D eigenvalue weighted by molar-refractivity contribution is -0.142. The molecule has 2 rings (SSSR count). The zero-order valence-corrected chi connectivity index (χ0v) is 10.6. The molecule has 1 aliphatic rings. The van der Waals surface area contributed by atoms with Gasteiger partial charge in [0.25, 0.3) is 0 Å². The van der Waals surface area contributed by atoms with E-state index in [9.17, 15) is 9.90 Å². The number of hydrogen-bond donors (Lipinski definition) is 1. The van der Waals surface area contributed by atoms with Crippen LogP contribution in [0.3, 0.4) is 0 Å². The predicted molar refractivity (Wildman–Crippen MR) is 68.3 cm³/mol. The van der Waals surface area contributed by atoms with Gasteiger partial charge in [0, 0.05) is 17.8 Å². The molecule has 0 aliphatic carbocycles. The Morgan fingerprint density at radius 2 is 1.94 bits per heavy atom. The summed E-state index contributed by atoms with van der Waals surface area (Å²) < 4.78 is 0. The Morgan fingerprint density at radius 1 is 1.35 bits per heavy atom. The molecule has 1 aromatic carbocycles. The third kappa shape index (κ3) is 2.02. The fraction of sp³-hybridized carbons (Fsp3) is 0.500. The molecule has 17 heavy (non-hydrogen) atoms. The van der Waals surface area contributed by atoms with Crippen LogP contribution in [0, 0.1) is 12.8 Å². The van der Waals surface area contributed by atoms with Crippen molar-refractivity contribution in [1.29, 1.82) is 0 Å². The summed E-state index contributed by atoms with van der Waals surface area (Å²) in [4.78, 5) is 13.4. The van der Waals surface area contributed by atoms with E-state index in [-0.39, 0.29) is 11.5 Å². The molecule has 1 aromatic rings. The number of benzene rings is 1. The van der Waals surface area contributed by atoms with Crippen molar-refractivity contribution < 1.29 is 9.90 Å². The first-order valence-electron chi connectivity index (χ1n) is 6.00. The Hall–Kier alpha value is -1.51. The fourth-order valence-corrected chi connectivity index (χ4v) is 2.70. The molecule has 3 heteroatoms. The monoisotopic (exact) mass is 233 g/mol. The summed E-state index contributed by atoms with van der Waals surface area (Å²) in [5.41, 5.74) is 2.02. The van der Waals surface area contributed by atoms with Crippen molar-refractivity contribution in [2.75, 3.05) is 11.4 Å². The SMILES string of the molecule is Cc1ccc(N2CCC(C(=O)O)C2(C)C)cc1. The van der Waals surface area contributed by atoms with E-state index in [4.69, 9.17) is 0 Å². The molecule has 1 fully saturated rings. The molecule has 1 unspecified atom stereocenters. The first kappa shape index (κ1) is 12.0. The van der Waals surface area contributed by atoms with E-state index in [1.807, 2.05) is 13.8 Å². The van der Waals surface area contributed by atoms with Crippen LogP contribution in [0.2, 0.25) is 0 Å². The summed E-state index contributed by atoms with van der Waals surface area (Å²) in [6.07, 6.45) is 0.718. The quantitative estimate of drug-likeness (QED) is 0.853. The number of rotatable bonds is 2. The van der Waals surface area contributed by atoms with Gasteiger partial charge in [0.2, 0.25) is 0 Å². The van der Waals surface area contributed by atoms with E-state index in [0.29, 0.717) is 0 Å². The highest BCUT2D eigenvalue weighted by molar-refractivity contribution is 5.74. The maximum atomic E-state index is 11.2. The molecule has 0 radical (unpaired) electrons. The van der Waals surface area contributed by atoms with Gasteiger partial charge in [-0.15, -0.1) is 0 Å². The van der Waals surface area contributed by atoms with Crippen LogP contribution in [0.5, 0.6) is 0 Å². The molecule has 1 saturated heterocycles. The Balaban J connectivity index is 2.29. The Bertz CT molecular complexity index is 422. The van der Waals surface area contributed by atoms with Crippen LogP contribution in [0.15, 0.2) is 24.3 Å². The lowest BCUT2D eigenvalue weighted by Gasteiger charge is -2.36. The predicted octanol–water partition coefficient (Wildman–Crippen LogP) is 2.68. The number of aryl methyl sites for hydroxylation is 1. The smallest absolute Gasteiger partial charge is 0.308 e. The van der Waals surface area contributed by atoms with Crippen molar-refractivity contribution in [2.24, 2.45) is 5.92 Å². The van der Waals surface area contributed by atoms with Gasteiger partial charge >= 0.3 is 5.97 Å². The van der Waals surface area contributed by atoms with Crippen molar-refractivity contribution in [3.05, 3.63) is 29.8 Å². The van der Waals surface area contributed by atoms with Gasteiger partial charge in [-0.25, -0.2) is 0 Å². The molecular formula is C14H19NO2. The fourth-order valence-electron chi connectivity index (χ4n) is 2.70. The first-order chi connectivity index (χ1) is 7.93. The molecule has 1 atom stereocenters. The van der Waals surface area contributed by atoms with Crippen LogP contribution >= 0.6 is 0 Å². The molecule has 0 amide bonds. The summed E-state index contributed by atoms with van der Waals surface area (Å²) in [7, 11) is 0. The van der Waals surface area contributed by atoms with Crippen molar-refractivity contribution in [3.8, 4) is 0 Å². The van der Waals surface area contributed by atoms with E-state index in [0.717, 1.165) is 18.7 Å². The minimum atomic E-state index is -0.690.